The Hall–Kier alpha value is -0.450. The van der Waals surface area contributed by atoms with Crippen LogP contribution in [0.1, 0.15) is 42.5 Å². The van der Waals surface area contributed by atoms with Crippen molar-refractivity contribution in [2.45, 2.75) is 51.6 Å². The van der Waals surface area contributed by atoms with Crippen LogP contribution < -0.4 is 11.1 Å². The second kappa shape index (κ2) is 5.46. The van der Waals surface area contributed by atoms with Crippen LogP contribution in [0.5, 0.6) is 0 Å². The van der Waals surface area contributed by atoms with Crippen molar-refractivity contribution in [2.75, 3.05) is 6.54 Å². The third kappa shape index (κ3) is 3.76. The van der Waals surface area contributed by atoms with Gasteiger partial charge in [-0.15, -0.1) is 11.3 Å². The molecule has 0 radical (unpaired) electrons. The maximum atomic E-state index is 6.44. The fourth-order valence-electron chi connectivity index (χ4n) is 2.76. The summed E-state index contributed by atoms with van der Waals surface area (Å²) in [6.07, 6.45) is 6.85. The van der Waals surface area contributed by atoms with Gasteiger partial charge in [0.15, 0.2) is 0 Å². The molecule has 0 spiro atoms. The van der Waals surface area contributed by atoms with Crippen molar-refractivity contribution in [1.29, 1.82) is 0 Å². The van der Waals surface area contributed by atoms with Crippen molar-refractivity contribution in [1.82, 2.24) is 10.3 Å². The van der Waals surface area contributed by atoms with E-state index in [1.54, 1.807) is 11.3 Å². The lowest BCUT2D eigenvalue weighted by Gasteiger charge is -2.37. The summed E-state index contributed by atoms with van der Waals surface area (Å²) in [7, 11) is 0. The molecule has 3 N–H and O–H groups in total. The Bertz CT molecular complexity index is 363. The smallest absolute Gasteiger partial charge is 0.107 e. The van der Waals surface area contributed by atoms with Crippen molar-refractivity contribution in [3.63, 3.8) is 0 Å². The molecule has 17 heavy (non-hydrogen) atoms. The minimum Gasteiger partial charge on any atom is -0.324 e. The standard InChI is InChI=1S/C13H23N3S/c1-10-4-3-5-13(14,6-10)9-15-8-12-16-7-11(2)17-12/h7,10,15H,3-6,8-9,14H2,1-2H3. The number of hydrogen-bond donors (Lipinski definition) is 2. The van der Waals surface area contributed by atoms with Gasteiger partial charge in [-0.1, -0.05) is 19.8 Å². The highest BCUT2D eigenvalue weighted by molar-refractivity contribution is 7.11. The van der Waals surface area contributed by atoms with Crippen molar-refractivity contribution in [2.24, 2.45) is 11.7 Å². The average Bonchev–Trinajstić information content (AvgIpc) is 2.63. The average molecular weight is 253 g/mol. The minimum absolute atomic E-state index is 0.00394. The van der Waals surface area contributed by atoms with E-state index in [0.717, 1.165) is 36.9 Å². The van der Waals surface area contributed by atoms with E-state index in [1.165, 1.54) is 17.7 Å². The first-order valence-electron chi connectivity index (χ1n) is 6.48. The lowest BCUT2D eigenvalue weighted by atomic mass is 9.77. The van der Waals surface area contributed by atoms with Crippen molar-refractivity contribution < 1.29 is 0 Å². The lowest BCUT2D eigenvalue weighted by molar-refractivity contribution is 0.229. The largest absolute Gasteiger partial charge is 0.324 e. The van der Waals surface area contributed by atoms with Crippen LogP contribution in [-0.2, 0) is 6.54 Å². The van der Waals surface area contributed by atoms with Crippen molar-refractivity contribution >= 4 is 11.3 Å². The molecule has 1 aromatic rings. The Morgan fingerprint density at radius 3 is 3.12 bits per heavy atom. The van der Waals surface area contributed by atoms with Gasteiger partial charge in [0.25, 0.3) is 0 Å². The summed E-state index contributed by atoms with van der Waals surface area (Å²) >= 11 is 1.76. The van der Waals surface area contributed by atoms with E-state index in [0.29, 0.717) is 0 Å². The van der Waals surface area contributed by atoms with Crippen LogP contribution in [0.25, 0.3) is 0 Å². The number of hydrogen-bond acceptors (Lipinski definition) is 4. The molecule has 4 heteroatoms. The van der Waals surface area contributed by atoms with Gasteiger partial charge < -0.3 is 11.1 Å². The lowest BCUT2D eigenvalue weighted by Crippen LogP contribution is -2.51. The summed E-state index contributed by atoms with van der Waals surface area (Å²) in [6, 6.07) is 0. The van der Waals surface area contributed by atoms with Crippen LogP contribution in [0, 0.1) is 12.8 Å². The molecule has 0 bridgehead atoms. The molecular formula is C13H23N3S. The Balaban J connectivity index is 1.77. The zero-order chi connectivity index (χ0) is 12.3. The summed E-state index contributed by atoms with van der Waals surface area (Å²) in [4.78, 5) is 5.62. The fraction of sp³-hybridized carbons (Fsp3) is 0.769. The fourth-order valence-corrected chi connectivity index (χ4v) is 3.52. The van der Waals surface area contributed by atoms with E-state index in [9.17, 15) is 0 Å². The Morgan fingerprint density at radius 2 is 2.47 bits per heavy atom. The molecule has 96 valence electrons. The van der Waals surface area contributed by atoms with Crippen molar-refractivity contribution in [3.8, 4) is 0 Å². The molecule has 1 aromatic heterocycles. The van der Waals surface area contributed by atoms with E-state index in [4.69, 9.17) is 5.73 Å². The highest BCUT2D eigenvalue weighted by atomic mass is 32.1. The predicted molar refractivity (Wildman–Crippen MR) is 73.1 cm³/mol. The summed E-state index contributed by atoms with van der Waals surface area (Å²) in [5.74, 6) is 0.776. The number of nitrogens with one attached hydrogen (secondary N) is 1. The van der Waals surface area contributed by atoms with E-state index < -0.39 is 0 Å². The second-order valence-corrected chi connectivity index (χ2v) is 6.85. The van der Waals surface area contributed by atoms with Crippen LogP contribution in [0.15, 0.2) is 6.20 Å². The van der Waals surface area contributed by atoms with E-state index in [2.05, 4.69) is 24.1 Å². The zero-order valence-electron chi connectivity index (χ0n) is 10.8. The molecule has 0 aliphatic heterocycles. The van der Waals surface area contributed by atoms with Gasteiger partial charge in [0.05, 0.1) is 0 Å². The second-order valence-electron chi connectivity index (χ2n) is 5.53. The van der Waals surface area contributed by atoms with Gasteiger partial charge in [0.2, 0.25) is 0 Å². The third-order valence-corrected chi connectivity index (χ3v) is 4.46. The molecule has 1 aliphatic carbocycles. The first-order chi connectivity index (χ1) is 8.07. The normalized spacial score (nSPS) is 29.5. The number of nitrogens with zero attached hydrogens (tertiary/aromatic N) is 1. The number of rotatable bonds is 4. The molecule has 0 saturated heterocycles. The summed E-state index contributed by atoms with van der Waals surface area (Å²) < 4.78 is 0. The molecule has 2 atom stereocenters. The van der Waals surface area contributed by atoms with Crippen LogP contribution in [0.3, 0.4) is 0 Å². The topological polar surface area (TPSA) is 50.9 Å². The van der Waals surface area contributed by atoms with Gasteiger partial charge in [0.1, 0.15) is 5.01 Å². The highest BCUT2D eigenvalue weighted by Gasteiger charge is 2.30. The number of nitrogens with two attached hydrogens (primary N) is 1. The highest BCUT2D eigenvalue weighted by Crippen LogP contribution is 2.29. The van der Waals surface area contributed by atoms with Gasteiger partial charge in [-0.25, -0.2) is 4.98 Å². The molecule has 0 amide bonds. The van der Waals surface area contributed by atoms with Crippen molar-refractivity contribution in [3.05, 3.63) is 16.1 Å². The van der Waals surface area contributed by atoms with Gasteiger partial charge in [0, 0.05) is 29.7 Å². The maximum absolute atomic E-state index is 6.44. The van der Waals surface area contributed by atoms with Crippen LogP contribution in [0.4, 0.5) is 0 Å². The molecule has 2 rings (SSSR count). The van der Waals surface area contributed by atoms with E-state index >= 15 is 0 Å². The molecule has 1 saturated carbocycles. The van der Waals surface area contributed by atoms with Crippen LogP contribution >= 0.6 is 11.3 Å². The summed E-state index contributed by atoms with van der Waals surface area (Å²) in [5.41, 5.74) is 6.44. The summed E-state index contributed by atoms with van der Waals surface area (Å²) in [6.45, 7) is 6.17. The van der Waals surface area contributed by atoms with Crippen LogP contribution in [0.2, 0.25) is 0 Å². The van der Waals surface area contributed by atoms with Gasteiger partial charge in [-0.2, -0.15) is 0 Å². The molecular weight excluding hydrogens is 230 g/mol. The molecule has 1 fully saturated rings. The number of thiazole rings is 1. The predicted octanol–water partition coefficient (Wildman–Crippen LogP) is 2.45. The Kier molecular flexibility index (Phi) is 4.17. The first-order valence-corrected chi connectivity index (χ1v) is 7.30. The van der Waals surface area contributed by atoms with Gasteiger partial charge >= 0.3 is 0 Å². The molecule has 0 aromatic carbocycles. The third-order valence-electron chi connectivity index (χ3n) is 3.55. The molecule has 1 aliphatic rings. The molecule has 2 unspecified atom stereocenters. The zero-order valence-corrected chi connectivity index (χ0v) is 11.6. The van der Waals surface area contributed by atoms with Gasteiger partial charge in [-0.3, -0.25) is 0 Å². The molecule has 3 nitrogen and oxygen atoms in total. The Labute approximate surface area is 108 Å². The quantitative estimate of drug-likeness (QED) is 0.866. The van der Waals surface area contributed by atoms with Gasteiger partial charge in [-0.05, 0) is 25.7 Å². The monoisotopic (exact) mass is 253 g/mol. The SMILES string of the molecule is Cc1cnc(CNCC2(N)CCCC(C)C2)s1. The van der Waals surface area contributed by atoms with Crippen LogP contribution in [-0.4, -0.2) is 17.1 Å². The maximum Gasteiger partial charge on any atom is 0.107 e. The minimum atomic E-state index is 0.00394. The van der Waals surface area contributed by atoms with E-state index in [1.807, 2.05) is 6.20 Å². The molecule has 1 heterocycles. The Morgan fingerprint density at radius 1 is 1.65 bits per heavy atom. The number of aryl methyl sites for hydroxylation is 1. The number of aromatic nitrogens is 1. The summed E-state index contributed by atoms with van der Waals surface area (Å²) in [5, 5.41) is 4.63. The van der Waals surface area contributed by atoms with E-state index in [-0.39, 0.29) is 5.54 Å². The first kappa shape index (κ1) is 13.0.